The van der Waals surface area contributed by atoms with E-state index in [-0.39, 0.29) is 5.91 Å². The third kappa shape index (κ3) is 5.44. The molecule has 0 N–H and O–H groups in total. The van der Waals surface area contributed by atoms with Crippen molar-refractivity contribution in [2.24, 2.45) is 0 Å². The van der Waals surface area contributed by atoms with Crippen LogP contribution in [0.25, 0.3) is 0 Å². The Morgan fingerprint density at radius 1 is 1.14 bits per heavy atom. The fourth-order valence-electron chi connectivity index (χ4n) is 1.94. The fraction of sp³-hybridized carbons (Fsp3) is 0.533. The number of ether oxygens (including phenoxy) is 3. The quantitative estimate of drug-likeness (QED) is 0.654. The van der Waals surface area contributed by atoms with Gasteiger partial charge in [0.1, 0.15) is 0 Å². The van der Waals surface area contributed by atoms with Crippen LogP contribution in [0.1, 0.15) is 5.56 Å². The summed E-state index contributed by atoms with van der Waals surface area (Å²) < 4.78 is 15.4. The molecule has 1 amide bonds. The summed E-state index contributed by atoms with van der Waals surface area (Å²) in [4.78, 5) is 14.0. The summed E-state index contributed by atoms with van der Waals surface area (Å²) >= 11 is 5.74. The van der Waals surface area contributed by atoms with Gasteiger partial charge in [-0.25, -0.2) is 0 Å². The lowest BCUT2D eigenvalue weighted by Crippen LogP contribution is -2.36. The Morgan fingerprint density at radius 2 is 1.86 bits per heavy atom. The standard InChI is InChI=1S/C15H22ClNO4/c1-19-9-8-17(7-6-16)15(18)11-12-4-5-13(20-2)14(10-12)21-3/h4-5,10H,6-9,11H2,1-3H3. The maximum atomic E-state index is 12.3. The lowest BCUT2D eigenvalue weighted by Gasteiger charge is -2.21. The molecule has 6 heteroatoms. The van der Waals surface area contributed by atoms with Crippen LogP contribution in [0.3, 0.4) is 0 Å². The number of halogens is 1. The van der Waals surface area contributed by atoms with Crippen LogP contribution >= 0.6 is 11.6 Å². The van der Waals surface area contributed by atoms with E-state index in [1.54, 1.807) is 32.3 Å². The monoisotopic (exact) mass is 315 g/mol. The molecule has 0 aliphatic heterocycles. The van der Waals surface area contributed by atoms with Gasteiger partial charge in [-0.15, -0.1) is 11.6 Å². The molecular formula is C15H22ClNO4. The maximum Gasteiger partial charge on any atom is 0.227 e. The second-order valence-electron chi connectivity index (χ2n) is 4.43. The van der Waals surface area contributed by atoms with Crippen molar-refractivity contribution in [3.63, 3.8) is 0 Å². The van der Waals surface area contributed by atoms with Gasteiger partial charge in [0.05, 0.1) is 27.2 Å². The van der Waals surface area contributed by atoms with Crippen LogP contribution in [0.4, 0.5) is 0 Å². The lowest BCUT2D eigenvalue weighted by molar-refractivity contribution is -0.130. The molecule has 1 aromatic rings. The lowest BCUT2D eigenvalue weighted by atomic mass is 10.1. The van der Waals surface area contributed by atoms with E-state index in [4.69, 9.17) is 25.8 Å². The first kappa shape index (κ1) is 17.6. The van der Waals surface area contributed by atoms with Gasteiger partial charge in [0.25, 0.3) is 0 Å². The first-order valence-electron chi connectivity index (χ1n) is 6.69. The van der Waals surface area contributed by atoms with Crippen molar-refractivity contribution >= 4 is 17.5 Å². The van der Waals surface area contributed by atoms with Gasteiger partial charge >= 0.3 is 0 Å². The zero-order chi connectivity index (χ0) is 15.7. The zero-order valence-corrected chi connectivity index (χ0v) is 13.5. The number of hydrogen-bond acceptors (Lipinski definition) is 4. The van der Waals surface area contributed by atoms with E-state index in [2.05, 4.69) is 0 Å². The molecule has 0 atom stereocenters. The van der Waals surface area contributed by atoms with E-state index in [1.807, 2.05) is 12.1 Å². The van der Waals surface area contributed by atoms with Crippen LogP contribution in [-0.4, -0.2) is 57.7 Å². The number of amides is 1. The van der Waals surface area contributed by atoms with Crippen molar-refractivity contribution in [3.05, 3.63) is 23.8 Å². The fourth-order valence-corrected chi connectivity index (χ4v) is 2.15. The Hall–Kier alpha value is -1.46. The summed E-state index contributed by atoms with van der Waals surface area (Å²) in [5, 5.41) is 0. The molecule has 0 aliphatic carbocycles. The van der Waals surface area contributed by atoms with E-state index in [0.29, 0.717) is 43.5 Å². The van der Waals surface area contributed by atoms with Crippen LogP contribution in [0.5, 0.6) is 11.5 Å². The molecule has 118 valence electrons. The highest BCUT2D eigenvalue weighted by molar-refractivity contribution is 6.18. The van der Waals surface area contributed by atoms with E-state index >= 15 is 0 Å². The molecule has 0 bridgehead atoms. The minimum Gasteiger partial charge on any atom is -0.493 e. The first-order chi connectivity index (χ1) is 10.2. The van der Waals surface area contributed by atoms with Crippen LogP contribution in [0.15, 0.2) is 18.2 Å². The van der Waals surface area contributed by atoms with Crippen LogP contribution in [-0.2, 0) is 16.0 Å². The molecule has 0 aromatic heterocycles. The summed E-state index contributed by atoms with van der Waals surface area (Å²) in [6, 6.07) is 5.46. The molecule has 1 rings (SSSR count). The molecule has 0 fully saturated rings. The third-order valence-electron chi connectivity index (χ3n) is 3.08. The van der Waals surface area contributed by atoms with Crippen molar-refractivity contribution in [1.29, 1.82) is 0 Å². The maximum absolute atomic E-state index is 12.3. The molecule has 1 aromatic carbocycles. The molecule has 5 nitrogen and oxygen atoms in total. The minimum atomic E-state index is 0.0138. The van der Waals surface area contributed by atoms with E-state index in [0.717, 1.165) is 5.56 Å². The van der Waals surface area contributed by atoms with Gasteiger partial charge in [0, 0.05) is 26.1 Å². The number of rotatable bonds is 9. The van der Waals surface area contributed by atoms with Crippen molar-refractivity contribution in [3.8, 4) is 11.5 Å². The number of alkyl halides is 1. The molecule has 0 heterocycles. The summed E-state index contributed by atoms with van der Waals surface area (Å²) in [6.07, 6.45) is 0.293. The highest BCUT2D eigenvalue weighted by Crippen LogP contribution is 2.27. The molecule has 0 radical (unpaired) electrons. The second kappa shape index (κ2) is 9.47. The smallest absolute Gasteiger partial charge is 0.227 e. The Kier molecular flexibility index (Phi) is 7.93. The summed E-state index contributed by atoms with van der Waals surface area (Å²) in [5.41, 5.74) is 0.870. The van der Waals surface area contributed by atoms with Crippen molar-refractivity contribution in [2.75, 3.05) is 46.9 Å². The molecule has 0 aliphatic rings. The summed E-state index contributed by atoms with van der Waals surface area (Å²) in [5.74, 6) is 1.68. The number of benzene rings is 1. The average Bonchev–Trinajstić information content (AvgIpc) is 2.51. The Morgan fingerprint density at radius 3 is 2.43 bits per heavy atom. The molecule has 21 heavy (non-hydrogen) atoms. The number of methoxy groups -OCH3 is 3. The number of hydrogen-bond donors (Lipinski definition) is 0. The van der Waals surface area contributed by atoms with Gasteiger partial charge in [-0.2, -0.15) is 0 Å². The van der Waals surface area contributed by atoms with Gasteiger partial charge in [0.2, 0.25) is 5.91 Å². The zero-order valence-electron chi connectivity index (χ0n) is 12.7. The number of carbonyl (C=O) groups is 1. The normalized spacial score (nSPS) is 10.3. The Bertz CT molecular complexity index is 453. The number of nitrogens with zero attached hydrogens (tertiary/aromatic N) is 1. The molecular weight excluding hydrogens is 294 g/mol. The van der Waals surface area contributed by atoms with Crippen LogP contribution in [0.2, 0.25) is 0 Å². The first-order valence-corrected chi connectivity index (χ1v) is 7.23. The molecule has 0 spiro atoms. The van der Waals surface area contributed by atoms with Crippen molar-refractivity contribution < 1.29 is 19.0 Å². The van der Waals surface area contributed by atoms with E-state index in [1.165, 1.54) is 0 Å². The molecule has 0 unspecified atom stereocenters. The SMILES string of the molecule is COCCN(CCCl)C(=O)Cc1ccc(OC)c(OC)c1. The Labute approximate surface area is 130 Å². The number of carbonyl (C=O) groups excluding carboxylic acids is 1. The molecule has 0 saturated heterocycles. The second-order valence-corrected chi connectivity index (χ2v) is 4.81. The predicted octanol–water partition coefficient (Wildman–Crippen LogP) is 1.96. The van der Waals surface area contributed by atoms with Crippen molar-refractivity contribution in [1.82, 2.24) is 4.90 Å². The van der Waals surface area contributed by atoms with Gasteiger partial charge in [-0.3, -0.25) is 4.79 Å². The third-order valence-corrected chi connectivity index (χ3v) is 3.24. The molecule has 0 saturated carbocycles. The van der Waals surface area contributed by atoms with Gasteiger partial charge < -0.3 is 19.1 Å². The minimum absolute atomic E-state index is 0.0138. The summed E-state index contributed by atoms with van der Waals surface area (Å²) in [6.45, 7) is 1.54. The predicted molar refractivity (Wildman–Crippen MR) is 82.4 cm³/mol. The van der Waals surface area contributed by atoms with Gasteiger partial charge in [0.15, 0.2) is 11.5 Å². The van der Waals surface area contributed by atoms with E-state index < -0.39 is 0 Å². The Balaban J connectivity index is 2.75. The topological polar surface area (TPSA) is 48.0 Å². The highest BCUT2D eigenvalue weighted by atomic mass is 35.5. The van der Waals surface area contributed by atoms with Crippen molar-refractivity contribution in [2.45, 2.75) is 6.42 Å². The average molecular weight is 316 g/mol. The van der Waals surface area contributed by atoms with Crippen LogP contribution in [0, 0.1) is 0 Å². The largest absolute Gasteiger partial charge is 0.493 e. The summed E-state index contributed by atoms with van der Waals surface area (Å²) in [7, 11) is 4.76. The van der Waals surface area contributed by atoms with Gasteiger partial charge in [-0.1, -0.05) is 6.07 Å². The van der Waals surface area contributed by atoms with Gasteiger partial charge in [-0.05, 0) is 17.7 Å². The van der Waals surface area contributed by atoms with Crippen LogP contribution < -0.4 is 9.47 Å². The highest BCUT2D eigenvalue weighted by Gasteiger charge is 2.14. The van der Waals surface area contributed by atoms with E-state index in [9.17, 15) is 4.79 Å².